The summed E-state index contributed by atoms with van der Waals surface area (Å²) in [6, 6.07) is -2.31. The molecule has 8 nitrogen and oxygen atoms in total. The Kier molecular flexibility index (Phi) is 8.58. The minimum atomic E-state index is -1.18. The van der Waals surface area contributed by atoms with Gasteiger partial charge in [-0.1, -0.05) is 0 Å². The number of rotatable bonds is 4. The molecule has 16 heavy (non-hydrogen) atoms. The second kappa shape index (κ2) is 7.99. The van der Waals surface area contributed by atoms with Gasteiger partial charge in [0.1, 0.15) is 12.1 Å². The Bertz CT molecular complexity index is 207. The predicted octanol–water partition coefficient (Wildman–Crippen LogP) is -2.44. The van der Waals surface area contributed by atoms with E-state index in [2.05, 4.69) is 0 Å². The Morgan fingerprint density at radius 1 is 0.875 bits per heavy atom. The fourth-order valence-corrected chi connectivity index (χ4v) is 0.413. The number of carboxylic acid groups (broad SMARTS) is 2. The fraction of sp³-hybridized carbons (Fsp3) is 0.750. The van der Waals surface area contributed by atoms with Crippen LogP contribution in [0.3, 0.4) is 0 Å². The predicted molar refractivity (Wildman–Crippen MR) is 54.6 cm³/mol. The number of nitrogens with two attached hydrogens (primary N) is 2. The maximum Gasteiger partial charge on any atom is 0.323 e. The molecule has 0 heterocycles. The van der Waals surface area contributed by atoms with E-state index in [4.69, 9.17) is 31.9 Å². The minimum absolute atomic E-state index is 0.979. The molecule has 0 aliphatic heterocycles. The lowest BCUT2D eigenvalue weighted by Gasteiger charge is -2.07. The molecule has 3 unspecified atom stereocenters. The number of hydrogen-bond donors (Lipinski definition) is 6. The van der Waals surface area contributed by atoms with Gasteiger partial charge in [0, 0.05) is 0 Å². The van der Waals surface area contributed by atoms with Crippen molar-refractivity contribution < 1.29 is 30.0 Å². The van der Waals surface area contributed by atoms with Crippen molar-refractivity contribution in [3.63, 3.8) is 0 Å². The van der Waals surface area contributed by atoms with Crippen LogP contribution in [-0.4, -0.2) is 56.7 Å². The first kappa shape index (κ1) is 17.2. The summed E-state index contributed by atoms with van der Waals surface area (Å²) in [7, 11) is 0. The third-order valence-corrected chi connectivity index (χ3v) is 1.61. The molecule has 0 saturated carbocycles. The summed E-state index contributed by atoms with van der Waals surface area (Å²) in [5.41, 5.74) is 9.82. The number of aliphatic hydroxyl groups is 2. The van der Waals surface area contributed by atoms with Crippen molar-refractivity contribution >= 4 is 11.9 Å². The molecule has 0 aromatic heterocycles. The van der Waals surface area contributed by atoms with Gasteiger partial charge in [0.15, 0.2) is 0 Å². The van der Waals surface area contributed by atoms with Gasteiger partial charge in [-0.2, -0.15) is 0 Å². The molecule has 0 aromatic rings. The first-order valence-electron chi connectivity index (χ1n) is 4.44. The van der Waals surface area contributed by atoms with E-state index in [1.165, 1.54) is 13.8 Å². The maximum absolute atomic E-state index is 9.86. The highest BCUT2D eigenvalue weighted by Crippen LogP contribution is 1.86. The lowest BCUT2D eigenvalue weighted by molar-refractivity contribution is -0.141. The molecule has 0 aliphatic rings. The Morgan fingerprint density at radius 3 is 1.06 bits per heavy atom. The van der Waals surface area contributed by atoms with Crippen molar-refractivity contribution in [2.45, 2.75) is 38.1 Å². The third-order valence-electron chi connectivity index (χ3n) is 1.61. The lowest BCUT2D eigenvalue weighted by atomic mass is 10.2. The monoisotopic (exact) mass is 238 g/mol. The van der Waals surface area contributed by atoms with Crippen LogP contribution in [0.4, 0.5) is 0 Å². The molecule has 0 fully saturated rings. The van der Waals surface area contributed by atoms with E-state index in [0.29, 0.717) is 0 Å². The van der Waals surface area contributed by atoms with E-state index in [9.17, 15) is 9.59 Å². The largest absolute Gasteiger partial charge is 0.480 e. The zero-order valence-corrected chi connectivity index (χ0v) is 9.07. The zero-order chi connectivity index (χ0) is 13.5. The number of aliphatic carboxylic acids is 2. The van der Waals surface area contributed by atoms with Gasteiger partial charge in [0.2, 0.25) is 0 Å². The first-order chi connectivity index (χ1) is 7.11. The molecule has 0 saturated heterocycles. The number of aliphatic hydroxyl groups excluding tert-OH is 2. The molecule has 0 aromatic carbocycles. The van der Waals surface area contributed by atoms with Gasteiger partial charge >= 0.3 is 11.9 Å². The Labute approximate surface area is 92.5 Å². The Hall–Kier alpha value is -1.22. The highest BCUT2D eigenvalue weighted by Gasteiger charge is 2.16. The first-order valence-corrected chi connectivity index (χ1v) is 4.44. The summed E-state index contributed by atoms with van der Waals surface area (Å²) >= 11 is 0. The number of hydrogen-bond acceptors (Lipinski definition) is 6. The van der Waals surface area contributed by atoms with E-state index in [-0.39, 0.29) is 0 Å². The summed E-state index contributed by atoms with van der Waals surface area (Å²) in [6.45, 7) is 2.66. The standard InChI is InChI=1S/2C4H9NO3/c2*1-2(6)3(5)4(7)8/h2*2-3,6H,5H2,1H3,(H,7,8)/t2?,3-;/m0./s1. The minimum Gasteiger partial charge on any atom is -0.480 e. The van der Waals surface area contributed by atoms with Crippen LogP contribution in [0.5, 0.6) is 0 Å². The van der Waals surface area contributed by atoms with Crippen molar-refractivity contribution in [3.8, 4) is 0 Å². The molecule has 0 spiro atoms. The van der Waals surface area contributed by atoms with Gasteiger partial charge in [0.05, 0.1) is 12.2 Å². The van der Waals surface area contributed by atoms with Crippen molar-refractivity contribution in [1.29, 1.82) is 0 Å². The smallest absolute Gasteiger partial charge is 0.323 e. The summed E-state index contributed by atoms with van der Waals surface area (Å²) in [5.74, 6) is -2.36. The molecule has 0 amide bonds. The summed E-state index contributed by atoms with van der Waals surface area (Å²) in [4.78, 5) is 19.7. The highest BCUT2D eigenvalue weighted by atomic mass is 16.4. The number of carboxylic acids is 2. The fourth-order valence-electron chi connectivity index (χ4n) is 0.413. The van der Waals surface area contributed by atoms with Crippen LogP contribution in [0.15, 0.2) is 0 Å². The average Bonchev–Trinajstić information content (AvgIpc) is 2.15. The Morgan fingerprint density at radius 2 is 1.06 bits per heavy atom. The van der Waals surface area contributed by atoms with Crippen molar-refractivity contribution in [2.24, 2.45) is 11.5 Å². The van der Waals surface area contributed by atoms with E-state index in [1.54, 1.807) is 0 Å². The van der Waals surface area contributed by atoms with E-state index in [1.807, 2.05) is 0 Å². The quantitative estimate of drug-likeness (QED) is 0.314. The highest BCUT2D eigenvalue weighted by molar-refractivity contribution is 5.74. The molecule has 0 radical (unpaired) electrons. The summed E-state index contributed by atoms with van der Waals surface area (Å²) in [5, 5.41) is 33.1. The van der Waals surface area contributed by atoms with Gasteiger partial charge in [-0.15, -0.1) is 0 Å². The van der Waals surface area contributed by atoms with Crippen LogP contribution in [0.25, 0.3) is 0 Å². The van der Waals surface area contributed by atoms with Crippen LogP contribution in [0, 0.1) is 0 Å². The number of carbonyl (C=O) groups is 2. The van der Waals surface area contributed by atoms with Gasteiger partial charge in [-0.05, 0) is 13.8 Å². The van der Waals surface area contributed by atoms with Crippen LogP contribution in [0.1, 0.15) is 13.8 Å². The van der Waals surface area contributed by atoms with E-state index < -0.39 is 36.2 Å². The summed E-state index contributed by atoms with van der Waals surface area (Å²) in [6.07, 6.45) is -1.96. The average molecular weight is 238 g/mol. The third kappa shape index (κ3) is 8.12. The lowest BCUT2D eigenvalue weighted by Crippen LogP contribution is -2.39. The molecule has 8 N–H and O–H groups in total. The molecule has 0 rings (SSSR count). The zero-order valence-electron chi connectivity index (χ0n) is 9.07. The SMILES string of the molecule is CC(O)C(N)C(=O)O.CC(O)[C@H](N)C(=O)O. The molecular formula is C8H18N2O6. The molecular weight excluding hydrogens is 220 g/mol. The molecule has 0 bridgehead atoms. The van der Waals surface area contributed by atoms with Gasteiger partial charge in [-0.25, -0.2) is 0 Å². The normalized spacial score (nSPS) is 17.4. The summed E-state index contributed by atoms with van der Waals surface area (Å²) < 4.78 is 0. The van der Waals surface area contributed by atoms with Crippen LogP contribution in [-0.2, 0) is 9.59 Å². The molecule has 96 valence electrons. The van der Waals surface area contributed by atoms with Crippen LogP contribution < -0.4 is 11.5 Å². The molecule has 4 atom stereocenters. The van der Waals surface area contributed by atoms with Crippen molar-refractivity contribution in [2.75, 3.05) is 0 Å². The topological polar surface area (TPSA) is 167 Å². The second-order valence-corrected chi connectivity index (χ2v) is 3.21. The molecule has 8 heteroatoms. The molecule has 0 aliphatic carbocycles. The van der Waals surface area contributed by atoms with E-state index >= 15 is 0 Å². The van der Waals surface area contributed by atoms with Crippen LogP contribution in [0.2, 0.25) is 0 Å². The van der Waals surface area contributed by atoms with E-state index in [0.717, 1.165) is 0 Å². The Balaban J connectivity index is 0. The van der Waals surface area contributed by atoms with Crippen molar-refractivity contribution in [1.82, 2.24) is 0 Å². The van der Waals surface area contributed by atoms with Gasteiger partial charge in [-0.3, -0.25) is 9.59 Å². The van der Waals surface area contributed by atoms with Gasteiger partial charge in [0.25, 0.3) is 0 Å². The second-order valence-electron chi connectivity index (χ2n) is 3.21. The maximum atomic E-state index is 9.86. The van der Waals surface area contributed by atoms with Crippen LogP contribution >= 0.6 is 0 Å². The van der Waals surface area contributed by atoms with Crippen molar-refractivity contribution in [3.05, 3.63) is 0 Å². The van der Waals surface area contributed by atoms with Gasteiger partial charge < -0.3 is 31.9 Å².